The fourth-order valence-corrected chi connectivity index (χ4v) is 3.58. The third-order valence-corrected chi connectivity index (χ3v) is 5.25. The summed E-state index contributed by atoms with van der Waals surface area (Å²) < 4.78 is 22.1. The summed E-state index contributed by atoms with van der Waals surface area (Å²) in [6.45, 7) is 3.29. The van der Waals surface area contributed by atoms with Gasteiger partial charge in [0, 0.05) is 43.1 Å². The summed E-state index contributed by atoms with van der Waals surface area (Å²) in [7, 11) is -3.44. The molecule has 0 unspecified atom stereocenters. The predicted molar refractivity (Wildman–Crippen MR) is 98.1 cm³/mol. The first-order chi connectivity index (χ1) is 11.9. The quantitative estimate of drug-likeness (QED) is 0.855. The molecule has 0 saturated carbocycles. The Morgan fingerprint density at radius 2 is 1.96 bits per heavy atom. The number of fused-ring (bicyclic) bond motifs is 1. The maximum atomic E-state index is 11.1. The molecule has 1 aliphatic heterocycles. The summed E-state index contributed by atoms with van der Waals surface area (Å²) in [6, 6.07) is 9.30. The molecule has 0 aliphatic carbocycles. The smallest absolute Gasteiger partial charge is 0.210 e. The molecule has 1 aromatic carbocycles. The normalized spacial score (nSPS) is 16.1. The van der Waals surface area contributed by atoms with Gasteiger partial charge >= 0.3 is 0 Å². The number of sulfonamides is 1. The van der Waals surface area contributed by atoms with Crippen molar-refractivity contribution in [2.24, 2.45) is 5.14 Å². The van der Waals surface area contributed by atoms with E-state index in [-0.39, 0.29) is 5.75 Å². The van der Waals surface area contributed by atoms with Crippen LogP contribution in [-0.2, 0) is 10.0 Å². The van der Waals surface area contributed by atoms with Gasteiger partial charge in [-0.05, 0) is 24.3 Å². The minimum absolute atomic E-state index is 0.0411. The van der Waals surface area contributed by atoms with Crippen LogP contribution in [0.15, 0.2) is 24.3 Å². The van der Waals surface area contributed by atoms with Gasteiger partial charge in [-0.25, -0.2) is 18.5 Å². The third kappa shape index (κ3) is 4.38. The molecule has 25 heavy (non-hydrogen) atoms. The third-order valence-electron chi connectivity index (χ3n) is 4.27. The van der Waals surface area contributed by atoms with E-state index in [1.165, 1.54) is 0 Å². The number of pyridine rings is 1. The fourth-order valence-electron chi connectivity index (χ4n) is 2.90. The van der Waals surface area contributed by atoms with Crippen LogP contribution >= 0.6 is 11.6 Å². The van der Waals surface area contributed by atoms with Gasteiger partial charge in [0.2, 0.25) is 10.0 Å². The average Bonchev–Trinajstić information content (AvgIpc) is 2.59. The van der Waals surface area contributed by atoms with Crippen LogP contribution < -0.4 is 10.0 Å². The molecule has 2 aromatic rings. The monoisotopic (exact) mass is 379 g/mol. The van der Waals surface area contributed by atoms with E-state index in [1.807, 2.05) is 6.07 Å². The predicted octanol–water partition coefficient (Wildman–Crippen LogP) is 1.17. The number of piperazine rings is 1. The number of aromatic nitrogens is 1. The van der Waals surface area contributed by atoms with Crippen molar-refractivity contribution in [1.82, 2.24) is 9.88 Å². The number of rotatable bonds is 4. The molecule has 9 heteroatoms. The van der Waals surface area contributed by atoms with E-state index < -0.39 is 10.0 Å². The molecule has 0 amide bonds. The van der Waals surface area contributed by atoms with Gasteiger partial charge in [-0.1, -0.05) is 11.6 Å². The van der Waals surface area contributed by atoms with E-state index in [0.29, 0.717) is 30.2 Å². The van der Waals surface area contributed by atoms with E-state index in [2.05, 4.69) is 20.9 Å². The maximum Gasteiger partial charge on any atom is 0.210 e. The molecule has 1 fully saturated rings. The Bertz CT molecular complexity index is 933. The lowest BCUT2D eigenvalue weighted by Crippen LogP contribution is -2.48. The van der Waals surface area contributed by atoms with Gasteiger partial charge in [-0.15, -0.1) is 0 Å². The second kappa shape index (κ2) is 7.14. The summed E-state index contributed by atoms with van der Waals surface area (Å²) in [5, 5.41) is 15.8. The molecule has 1 saturated heterocycles. The number of hydrogen-bond acceptors (Lipinski definition) is 6. The van der Waals surface area contributed by atoms with E-state index in [9.17, 15) is 13.7 Å². The molecule has 0 radical (unpaired) electrons. The molecule has 7 nitrogen and oxygen atoms in total. The molecule has 2 N–H and O–H groups in total. The second-order valence-electron chi connectivity index (χ2n) is 6.00. The number of anilines is 1. The summed E-state index contributed by atoms with van der Waals surface area (Å²) in [4.78, 5) is 8.80. The first kappa shape index (κ1) is 17.9. The van der Waals surface area contributed by atoms with E-state index in [1.54, 1.807) is 18.2 Å². The molecule has 132 valence electrons. The van der Waals surface area contributed by atoms with Crippen molar-refractivity contribution in [2.75, 3.05) is 43.4 Å². The summed E-state index contributed by atoms with van der Waals surface area (Å²) in [5.41, 5.74) is 1.27. The highest BCUT2D eigenvalue weighted by atomic mass is 35.5. The van der Waals surface area contributed by atoms with Gasteiger partial charge in [-0.3, -0.25) is 4.90 Å². The van der Waals surface area contributed by atoms with Crippen LogP contribution in [0.4, 0.5) is 5.82 Å². The maximum absolute atomic E-state index is 11.1. The van der Waals surface area contributed by atoms with E-state index >= 15 is 0 Å². The molecule has 1 aromatic heterocycles. The second-order valence-corrected chi connectivity index (χ2v) is 8.17. The lowest BCUT2D eigenvalue weighted by Gasteiger charge is -2.35. The highest BCUT2D eigenvalue weighted by molar-refractivity contribution is 7.89. The Kier molecular flexibility index (Phi) is 5.11. The number of benzene rings is 1. The van der Waals surface area contributed by atoms with Crippen LogP contribution in [0, 0.1) is 11.3 Å². The zero-order valence-corrected chi connectivity index (χ0v) is 15.1. The Morgan fingerprint density at radius 1 is 1.24 bits per heavy atom. The van der Waals surface area contributed by atoms with Crippen LogP contribution in [0.3, 0.4) is 0 Å². The van der Waals surface area contributed by atoms with Crippen LogP contribution in [0.1, 0.15) is 5.56 Å². The minimum Gasteiger partial charge on any atom is -0.354 e. The number of nitrogens with zero attached hydrogens (tertiary/aromatic N) is 4. The highest BCUT2D eigenvalue weighted by Gasteiger charge is 2.20. The molecule has 2 heterocycles. The van der Waals surface area contributed by atoms with Crippen molar-refractivity contribution in [3.8, 4) is 6.07 Å². The van der Waals surface area contributed by atoms with Gasteiger partial charge in [0.05, 0.1) is 22.9 Å². The summed E-state index contributed by atoms with van der Waals surface area (Å²) >= 11 is 6.01. The minimum atomic E-state index is -3.44. The van der Waals surface area contributed by atoms with Crippen LogP contribution in [0.2, 0.25) is 5.02 Å². The SMILES string of the molecule is N#Cc1cc(N2CCN(CCS(N)(=O)=O)CC2)nc2ccc(Cl)cc12. The van der Waals surface area contributed by atoms with Gasteiger partial charge < -0.3 is 4.90 Å². The van der Waals surface area contributed by atoms with E-state index in [4.69, 9.17) is 16.7 Å². The summed E-state index contributed by atoms with van der Waals surface area (Å²) in [6.07, 6.45) is 0. The standard InChI is InChI=1S/C16H18ClN5O2S/c17-13-1-2-15-14(10-13)12(11-18)9-16(20-15)22-5-3-21(4-6-22)7-8-25(19,23)24/h1-2,9-10H,3-8H2,(H2,19,23,24). The van der Waals surface area contributed by atoms with Crippen molar-refractivity contribution < 1.29 is 8.42 Å². The van der Waals surface area contributed by atoms with Crippen LogP contribution in [0.25, 0.3) is 10.9 Å². The summed E-state index contributed by atoms with van der Waals surface area (Å²) in [5.74, 6) is 0.707. The number of hydrogen-bond donors (Lipinski definition) is 1. The molecular weight excluding hydrogens is 362 g/mol. The molecule has 1 aliphatic rings. The number of primary sulfonamides is 1. The lowest BCUT2D eigenvalue weighted by atomic mass is 10.1. The molecular formula is C16H18ClN5O2S. The van der Waals surface area contributed by atoms with Crippen LogP contribution in [0.5, 0.6) is 0 Å². The Morgan fingerprint density at radius 3 is 2.60 bits per heavy atom. The topological polar surface area (TPSA) is 103 Å². The van der Waals surface area contributed by atoms with Crippen LogP contribution in [-0.4, -0.2) is 56.8 Å². The van der Waals surface area contributed by atoms with Crippen molar-refractivity contribution >= 4 is 38.3 Å². The van der Waals surface area contributed by atoms with Crippen molar-refractivity contribution in [3.05, 3.63) is 34.9 Å². The molecule has 0 atom stereocenters. The van der Waals surface area contributed by atoms with Crippen molar-refractivity contribution in [1.29, 1.82) is 5.26 Å². The van der Waals surface area contributed by atoms with Crippen molar-refractivity contribution in [3.63, 3.8) is 0 Å². The number of halogens is 1. The van der Waals surface area contributed by atoms with Crippen molar-refractivity contribution in [2.45, 2.75) is 0 Å². The van der Waals surface area contributed by atoms with E-state index in [0.717, 1.165) is 29.8 Å². The first-order valence-corrected chi connectivity index (χ1v) is 9.93. The largest absolute Gasteiger partial charge is 0.354 e. The lowest BCUT2D eigenvalue weighted by molar-refractivity contribution is 0.271. The van der Waals surface area contributed by atoms with Gasteiger partial charge in [-0.2, -0.15) is 5.26 Å². The average molecular weight is 380 g/mol. The molecule has 3 rings (SSSR count). The fraction of sp³-hybridized carbons (Fsp3) is 0.375. The molecule has 0 bridgehead atoms. The Labute approximate surface area is 151 Å². The van der Waals surface area contributed by atoms with Gasteiger partial charge in [0.15, 0.2) is 0 Å². The Hall–Kier alpha value is -1.92. The first-order valence-electron chi connectivity index (χ1n) is 7.84. The number of nitriles is 1. The Balaban J connectivity index is 1.75. The molecule has 0 spiro atoms. The zero-order valence-electron chi connectivity index (χ0n) is 13.5. The highest BCUT2D eigenvalue weighted by Crippen LogP contribution is 2.26. The zero-order chi connectivity index (χ0) is 18.0. The van der Waals surface area contributed by atoms with Gasteiger partial charge in [0.1, 0.15) is 5.82 Å². The number of nitrogens with two attached hydrogens (primary N) is 1. The van der Waals surface area contributed by atoms with Gasteiger partial charge in [0.25, 0.3) is 0 Å².